The highest BCUT2D eigenvalue weighted by molar-refractivity contribution is 5.95. The number of ether oxygens (including phenoxy) is 1. The summed E-state index contributed by atoms with van der Waals surface area (Å²) in [4.78, 5) is 12.1. The van der Waals surface area contributed by atoms with Gasteiger partial charge < -0.3 is 10.5 Å². The molecule has 2 rings (SSSR count). The molecule has 0 amide bonds. The summed E-state index contributed by atoms with van der Waals surface area (Å²) in [6.45, 7) is 0. The molecule has 116 valence electrons. The topological polar surface area (TPSA) is 52.3 Å². The summed E-state index contributed by atoms with van der Waals surface area (Å²) in [6.07, 6.45) is 0.903. The molecular weight excluding hydrogens is 283 g/mol. The summed E-state index contributed by atoms with van der Waals surface area (Å²) < 4.78 is 43.4. The van der Waals surface area contributed by atoms with E-state index in [4.69, 9.17) is 10.5 Å². The van der Waals surface area contributed by atoms with Gasteiger partial charge in [-0.25, -0.2) is 4.79 Å². The number of carbonyl (C=O) groups excluding carboxylic acids is 1. The van der Waals surface area contributed by atoms with Crippen molar-refractivity contribution in [2.24, 2.45) is 0 Å². The molecule has 3 nitrogen and oxygen atoms in total. The van der Waals surface area contributed by atoms with E-state index in [1.165, 1.54) is 0 Å². The second-order valence-electron chi connectivity index (χ2n) is 5.32. The van der Waals surface area contributed by atoms with Crippen molar-refractivity contribution in [3.63, 3.8) is 0 Å². The first-order chi connectivity index (χ1) is 9.88. The molecule has 1 aromatic carbocycles. The third-order valence-electron chi connectivity index (χ3n) is 3.68. The summed E-state index contributed by atoms with van der Waals surface area (Å²) in [7, 11) is 0. The first-order valence-corrected chi connectivity index (χ1v) is 7.05. The molecule has 0 spiro atoms. The number of nitrogens with two attached hydrogens (primary N) is 1. The van der Waals surface area contributed by atoms with Crippen molar-refractivity contribution in [2.45, 2.75) is 50.8 Å². The van der Waals surface area contributed by atoms with Crippen LogP contribution in [0.1, 0.15) is 54.4 Å². The van der Waals surface area contributed by atoms with Crippen molar-refractivity contribution in [3.05, 3.63) is 29.3 Å². The number of nitrogen functional groups attached to an aromatic ring is 1. The molecule has 1 aliphatic rings. The van der Waals surface area contributed by atoms with E-state index in [0.29, 0.717) is 0 Å². The Bertz CT molecular complexity index is 506. The summed E-state index contributed by atoms with van der Waals surface area (Å²) in [6, 6.07) is 2.71. The van der Waals surface area contributed by atoms with Gasteiger partial charge in [-0.2, -0.15) is 13.2 Å². The van der Waals surface area contributed by atoms with Gasteiger partial charge in [-0.3, -0.25) is 0 Å². The third-order valence-corrected chi connectivity index (χ3v) is 3.68. The van der Waals surface area contributed by atoms with Crippen molar-refractivity contribution < 1.29 is 22.7 Å². The van der Waals surface area contributed by atoms with Crippen LogP contribution in [0.4, 0.5) is 18.9 Å². The molecule has 1 saturated carbocycles. The van der Waals surface area contributed by atoms with Crippen LogP contribution in [0.25, 0.3) is 0 Å². The standard InChI is InChI=1S/C15H18F3NO2/c16-15(17,18)10-7-8-13(19)12(9-10)14(20)21-11-5-3-1-2-4-6-11/h7-9,11H,1-6,19H2. The molecule has 0 heterocycles. The van der Waals surface area contributed by atoms with Crippen LogP contribution in [-0.2, 0) is 10.9 Å². The monoisotopic (exact) mass is 301 g/mol. The molecule has 21 heavy (non-hydrogen) atoms. The molecule has 0 aromatic heterocycles. The Balaban J connectivity index is 2.14. The van der Waals surface area contributed by atoms with Gasteiger partial charge in [-0.15, -0.1) is 0 Å². The van der Waals surface area contributed by atoms with Gasteiger partial charge in [0.15, 0.2) is 0 Å². The van der Waals surface area contributed by atoms with Crippen LogP contribution in [0.2, 0.25) is 0 Å². The van der Waals surface area contributed by atoms with E-state index in [9.17, 15) is 18.0 Å². The van der Waals surface area contributed by atoms with Gasteiger partial charge in [0.1, 0.15) is 6.10 Å². The van der Waals surface area contributed by atoms with E-state index in [2.05, 4.69) is 0 Å². The lowest BCUT2D eigenvalue weighted by atomic mass is 10.1. The number of alkyl halides is 3. The molecular formula is C15H18F3NO2. The normalized spacial score (nSPS) is 17.3. The summed E-state index contributed by atoms with van der Waals surface area (Å²) in [5.41, 5.74) is 4.49. The quantitative estimate of drug-likeness (QED) is 0.507. The Hall–Kier alpha value is -1.72. The van der Waals surface area contributed by atoms with Crippen LogP contribution in [0, 0.1) is 0 Å². The summed E-state index contributed by atoms with van der Waals surface area (Å²) >= 11 is 0. The summed E-state index contributed by atoms with van der Waals surface area (Å²) in [5.74, 6) is -0.773. The maximum Gasteiger partial charge on any atom is 0.416 e. The maximum atomic E-state index is 12.7. The number of hydrogen-bond acceptors (Lipinski definition) is 3. The molecule has 1 aliphatic carbocycles. The minimum atomic E-state index is -4.51. The second kappa shape index (κ2) is 6.37. The van der Waals surface area contributed by atoms with E-state index in [-0.39, 0.29) is 17.4 Å². The zero-order chi connectivity index (χ0) is 15.5. The third kappa shape index (κ3) is 4.12. The molecule has 0 bridgehead atoms. The zero-order valence-electron chi connectivity index (χ0n) is 11.6. The van der Waals surface area contributed by atoms with Crippen LogP contribution in [0.3, 0.4) is 0 Å². The molecule has 0 saturated heterocycles. The van der Waals surface area contributed by atoms with Gasteiger partial charge >= 0.3 is 12.1 Å². The summed E-state index contributed by atoms with van der Waals surface area (Å²) in [5, 5.41) is 0. The number of benzene rings is 1. The molecule has 1 aromatic rings. The number of esters is 1. The number of halogens is 3. The minimum absolute atomic E-state index is 0.00150. The lowest BCUT2D eigenvalue weighted by molar-refractivity contribution is -0.137. The molecule has 2 N–H and O–H groups in total. The number of hydrogen-bond donors (Lipinski definition) is 1. The fourth-order valence-corrected chi connectivity index (χ4v) is 2.48. The lowest BCUT2D eigenvalue weighted by Gasteiger charge is -2.17. The number of anilines is 1. The van der Waals surface area contributed by atoms with Gasteiger partial charge in [0.25, 0.3) is 0 Å². The first kappa shape index (κ1) is 15.7. The van der Waals surface area contributed by atoms with Crippen LogP contribution < -0.4 is 5.73 Å². The van der Waals surface area contributed by atoms with Crippen LogP contribution >= 0.6 is 0 Å². The fourth-order valence-electron chi connectivity index (χ4n) is 2.48. The predicted molar refractivity (Wildman–Crippen MR) is 72.8 cm³/mol. The van der Waals surface area contributed by atoms with Crippen molar-refractivity contribution in [1.29, 1.82) is 0 Å². The van der Waals surface area contributed by atoms with Crippen LogP contribution in [0.5, 0.6) is 0 Å². The SMILES string of the molecule is Nc1ccc(C(F)(F)F)cc1C(=O)OC1CCCCCC1. The Morgan fingerprint density at radius 3 is 2.33 bits per heavy atom. The average molecular weight is 301 g/mol. The van der Waals surface area contributed by atoms with E-state index in [1.807, 2.05) is 0 Å². The molecule has 0 aliphatic heterocycles. The number of carbonyl (C=O) groups is 1. The maximum absolute atomic E-state index is 12.7. The Morgan fingerprint density at radius 1 is 1.14 bits per heavy atom. The van der Waals surface area contributed by atoms with Crippen LogP contribution in [-0.4, -0.2) is 12.1 Å². The fraction of sp³-hybridized carbons (Fsp3) is 0.533. The van der Waals surface area contributed by atoms with E-state index >= 15 is 0 Å². The van der Waals surface area contributed by atoms with E-state index < -0.39 is 17.7 Å². The predicted octanol–water partition coefficient (Wildman–Crippen LogP) is 4.17. The molecule has 0 radical (unpaired) electrons. The lowest BCUT2D eigenvalue weighted by Crippen LogP contribution is -2.19. The van der Waals surface area contributed by atoms with Gasteiger partial charge in [-0.05, 0) is 43.9 Å². The van der Waals surface area contributed by atoms with Crippen molar-refractivity contribution in [3.8, 4) is 0 Å². The highest BCUT2D eigenvalue weighted by Gasteiger charge is 2.32. The van der Waals surface area contributed by atoms with Crippen LogP contribution in [0.15, 0.2) is 18.2 Å². The zero-order valence-corrected chi connectivity index (χ0v) is 11.6. The highest BCUT2D eigenvalue weighted by atomic mass is 19.4. The van der Waals surface area contributed by atoms with Crippen molar-refractivity contribution in [2.75, 3.05) is 5.73 Å². The van der Waals surface area contributed by atoms with Gasteiger partial charge in [0.2, 0.25) is 0 Å². The number of rotatable bonds is 2. The Morgan fingerprint density at radius 2 is 1.76 bits per heavy atom. The van der Waals surface area contributed by atoms with E-state index in [1.54, 1.807) is 0 Å². The Labute approximate surface area is 121 Å². The smallest absolute Gasteiger partial charge is 0.416 e. The Kier molecular flexibility index (Phi) is 4.75. The largest absolute Gasteiger partial charge is 0.459 e. The van der Waals surface area contributed by atoms with Gasteiger partial charge in [0, 0.05) is 5.69 Å². The molecule has 1 fully saturated rings. The molecule has 6 heteroatoms. The van der Waals surface area contributed by atoms with Crippen molar-refractivity contribution >= 4 is 11.7 Å². The minimum Gasteiger partial charge on any atom is -0.459 e. The highest BCUT2D eigenvalue weighted by Crippen LogP contribution is 2.31. The van der Waals surface area contributed by atoms with Crippen molar-refractivity contribution in [1.82, 2.24) is 0 Å². The molecule has 0 atom stereocenters. The molecule has 0 unspecified atom stereocenters. The second-order valence-corrected chi connectivity index (χ2v) is 5.32. The van der Waals surface area contributed by atoms with Gasteiger partial charge in [0.05, 0.1) is 11.1 Å². The average Bonchev–Trinajstić information content (AvgIpc) is 2.66. The first-order valence-electron chi connectivity index (χ1n) is 7.05. The van der Waals surface area contributed by atoms with E-state index in [0.717, 1.165) is 56.7 Å². The van der Waals surface area contributed by atoms with Gasteiger partial charge in [-0.1, -0.05) is 12.8 Å².